The van der Waals surface area contributed by atoms with Crippen molar-refractivity contribution in [2.45, 2.75) is 12.5 Å². The fourth-order valence-electron chi connectivity index (χ4n) is 1.32. The van der Waals surface area contributed by atoms with Gasteiger partial charge in [-0.25, -0.2) is 0 Å². The maximum atomic E-state index is 8.80. The van der Waals surface area contributed by atoms with Gasteiger partial charge in [0, 0.05) is 6.61 Å². The van der Waals surface area contributed by atoms with E-state index in [9.17, 15) is 0 Å². The quantitative estimate of drug-likeness (QED) is 0.841. The molecule has 74 valence electrons. The lowest BCUT2D eigenvalue weighted by molar-refractivity contribution is 0.195. The second kappa shape index (κ2) is 4.13. The number of nitriles is 1. The van der Waals surface area contributed by atoms with Gasteiger partial charge in [-0.15, -0.1) is 0 Å². The third-order valence-electron chi connectivity index (χ3n) is 2.03. The number of halogens is 1. The molecule has 6 heteroatoms. The molecule has 0 saturated carbocycles. The van der Waals surface area contributed by atoms with Gasteiger partial charge in [-0.3, -0.25) is 0 Å². The predicted octanol–water partition coefficient (Wildman–Crippen LogP) is 1.87. The summed E-state index contributed by atoms with van der Waals surface area (Å²) < 4.78 is 9.12. The zero-order valence-electron chi connectivity index (χ0n) is 7.29. The minimum Gasteiger partial charge on any atom is -0.379 e. The van der Waals surface area contributed by atoms with E-state index in [4.69, 9.17) is 21.6 Å². The van der Waals surface area contributed by atoms with E-state index < -0.39 is 0 Å². The molecule has 2 heterocycles. The van der Waals surface area contributed by atoms with Gasteiger partial charge >= 0.3 is 0 Å². The van der Waals surface area contributed by atoms with E-state index in [-0.39, 0.29) is 6.04 Å². The summed E-state index contributed by atoms with van der Waals surface area (Å²) in [7, 11) is 0. The van der Waals surface area contributed by atoms with Crippen molar-refractivity contribution in [2.75, 3.05) is 18.5 Å². The highest BCUT2D eigenvalue weighted by molar-refractivity contribution is 7.07. The third-order valence-corrected chi connectivity index (χ3v) is 3.16. The summed E-state index contributed by atoms with van der Waals surface area (Å²) >= 11 is 6.96. The average Bonchev–Trinajstić information content (AvgIpc) is 2.79. The van der Waals surface area contributed by atoms with Gasteiger partial charge in [0.1, 0.15) is 16.6 Å². The van der Waals surface area contributed by atoms with Crippen molar-refractivity contribution in [3.8, 4) is 6.07 Å². The number of anilines is 1. The number of nitrogens with one attached hydrogen (secondary N) is 1. The van der Waals surface area contributed by atoms with Crippen LogP contribution in [0.25, 0.3) is 0 Å². The molecule has 1 N–H and O–H groups in total. The largest absolute Gasteiger partial charge is 0.379 e. The molecule has 14 heavy (non-hydrogen) atoms. The standard InChI is InChI=1S/C8H8ClN3OS/c9-8-7(6(3-10)14-12-8)11-5-1-2-13-4-5/h5,11H,1-2,4H2. The van der Waals surface area contributed by atoms with Crippen molar-refractivity contribution >= 4 is 28.8 Å². The first-order valence-electron chi connectivity index (χ1n) is 4.21. The van der Waals surface area contributed by atoms with Crippen molar-refractivity contribution in [1.82, 2.24) is 4.37 Å². The summed E-state index contributed by atoms with van der Waals surface area (Å²) in [5, 5.41) is 12.3. The van der Waals surface area contributed by atoms with E-state index >= 15 is 0 Å². The summed E-state index contributed by atoms with van der Waals surface area (Å²) in [4.78, 5) is 0.530. The second-order valence-corrected chi connectivity index (χ2v) is 4.13. The molecule has 1 aromatic heterocycles. The van der Waals surface area contributed by atoms with Crippen LogP contribution in [0.4, 0.5) is 5.69 Å². The van der Waals surface area contributed by atoms with Gasteiger partial charge < -0.3 is 10.1 Å². The maximum Gasteiger partial charge on any atom is 0.167 e. The Kier molecular flexibility index (Phi) is 2.87. The highest BCUT2D eigenvalue weighted by Crippen LogP contribution is 2.29. The summed E-state index contributed by atoms with van der Waals surface area (Å²) in [6.45, 7) is 1.42. The van der Waals surface area contributed by atoms with Gasteiger partial charge in [0.25, 0.3) is 0 Å². The first-order valence-corrected chi connectivity index (χ1v) is 5.36. The number of hydrogen-bond acceptors (Lipinski definition) is 5. The van der Waals surface area contributed by atoms with Crippen molar-refractivity contribution in [3.63, 3.8) is 0 Å². The minimum atomic E-state index is 0.246. The first-order chi connectivity index (χ1) is 6.81. The van der Waals surface area contributed by atoms with Crippen molar-refractivity contribution in [1.29, 1.82) is 5.26 Å². The topological polar surface area (TPSA) is 57.9 Å². The molecule has 1 fully saturated rings. The fraction of sp³-hybridized carbons (Fsp3) is 0.500. The minimum absolute atomic E-state index is 0.246. The molecule has 1 aliphatic rings. The Hall–Kier alpha value is -0.830. The second-order valence-electron chi connectivity index (χ2n) is 2.99. The van der Waals surface area contributed by atoms with Gasteiger partial charge in [0.2, 0.25) is 0 Å². The number of hydrogen-bond donors (Lipinski definition) is 1. The SMILES string of the molecule is N#Cc1snc(Cl)c1NC1CCOC1. The van der Waals surface area contributed by atoms with Gasteiger partial charge in [-0.1, -0.05) is 11.6 Å². The molecule has 0 aromatic carbocycles. The summed E-state index contributed by atoms with van der Waals surface area (Å²) in [5.41, 5.74) is 0.648. The first kappa shape index (κ1) is 9.71. The van der Waals surface area contributed by atoms with Crippen LogP contribution in [0.5, 0.6) is 0 Å². The van der Waals surface area contributed by atoms with Crippen LogP contribution in [0.3, 0.4) is 0 Å². The Balaban J connectivity index is 2.14. The molecule has 0 amide bonds. The molecule has 1 aromatic rings. The van der Waals surface area contributed by atoms with Crippen molar-refractivity contribution < 1.29 is 4.74 Å². The van der Waals surface area contributed by atoms with Gasteiger partial charge in [-0.05, 0) is 18.0 Å². The molecule has 0 spiro atoms. The molecule has 0 aliphatic carbocycles. The van der Waals surface area contributed by atoms with Crippen LogP contribution < -0.4 is 5.32 Å². The van der Waals surface area contributed by atoms with E-state index in [1.807, 2.05) is 0 Å². The molecule has 1 unspecified atom stereocenters. The zero-order chi connectivity index (χ0) is 9.97. The van der Waals surface area contributed by atoms with Crippen LogP contribution in [-0.4, -0.2) is 23.6 Å². The molecule has 1 saturated heterocycles. The van der Waals surface area contributed by atoms with E-state index in [1.54, 1.807) is 0 Å². The normalized spacial score (nSPS) is 20.7. The molecule has 0 bridgehead atoms. The Morgan fingerprint density at radius 3 is 3.21 bits per heavy atom. The van der Waals surface area contributed by atoms with E-state index in [0.717, 1.165) is 24.6 Å². The molecule has 4 nitrogen and oxygen atoms in total. The van der Waals surface area contributed by atoms with Crippen LogP contribution in [0, 0.1) is 11.3 Å². The fourth-order valence-corrected chi connectivity index (χ4v) is 2.18. The predicted molar refractivity (Wildman–Crippen MR) is 54.7 cm³/mol. The molecule has 1 aliphatic heterocycles. The van der Waals surface area contributed by atoms with Gasteiger partial charge in [0.05, 0.1) is 12.6 Å². The highest BCUT2D eigenvalue weighted by atomic mass is 35.5. The van der Waals surface area contributed by atoms with Crippen molar-refractivity contribution in [2.24, 2.45) is 0 Å². The average molecular weight is 230 g/mol. The Morgan fingerprint density at radius 2 is 2.57 bits per heavy atom. The zero-order valence-corrected chi connectivity index (χ0v) is 8.86. The van der Waals surface area contributed by atoms with Crippen molar-refractivity contribution in [3.05, 3.63) is 10.0 Å². The van der Waals surface area contributed by atoms with E-state index in [1.165, 1.54) is 0 Å². The van der Waals surface area contributed by atoms with Crippen LogP contribution in [-0.2, 0) is 4.74 Å². The Labute approximate surface area is 90.6 Å². The van der Waals surface area contributed by atoms with E-state index in [0.29, 0.717) is 22.3 Å². The van der Waals surface area contributed by atoms with Crippen LogP contribution in [0.1, 0.15) is 11.3 Å². The summed E-state index contributed by atoms with van der Waals surface area (Å²) in [5.74, 6) is 0. The van der Waals surface area contributed by atoms with Crippen LogP contribution in [0.15, 0.2) is 0 Å². The molecule has 0 radical (unpaired) electrons. The lowest BCUT2D eigenvalue weighted by atomic mass is 10.2. The lowest BCUT2D eigenvalue weighted by Crippen LogP contribution is -2.19. The van der Waals surface area contributed by atoms with Gasteiger partial charge in [0.15, 0.2) is 5.15 Å². The molecular weight excluding hydrogens is 222 g/mol. The number of rotatable bonds is 2. The summed E-state index contributed by atoms with van der Waals surface area (Å²) in [6, 6.07) is 2.30. The number of aromatic nitrogens is 1. The molecule has 1 atom stereocenters. The maximum absolute atomic E-state index is 8.80. The smallest absolute Gasteiger partial charge is 0.167 e. The van der Waals surface area contributed by atoms with Crippen LogP contribution in [0.2, 0.25) is 5.15 Å². The molecule has 2 rings (SSSR count). The lowest BCUT2D eigenvalue weighted by Gasteiger charge is -2.10. The van der Waals surface area contributed by atoms with E-state index in [2.05, 4.69) is 15.8 Å². The van der Waals surface area contributed by atoms with Crippen LogP contribution >= 0.6 is 23.1 Å². The third kappa shape index (κ3) is 1.82. The van der Waals surface area contributed by atoms with Gasteiger partial charge in [-0.2, -0.15) is 9.64 Å². The highest BCUT2D eigenvalue weighted by Gasteiger charge is 2.19. The monoisotopic (exact) mass is 229 g/mol. The molecular formula is C8H8ClN3OS. The number of ether oxygens (including phenoxy) is 1. The Bertz CT molecular complexity index is 367. The number of nitrogens with zero attached hydrogens (tertiary/aromatic N) is 2. The Morgan fingerprint density at radius 1 is 1.71 bits per heavy atom. The summed E-state index contributed by atoms with van der Waals surface area (Å²) in [6.07, 6.45) is 0.942.